The second-order valence-corrected chi connectivity index (χ2v) is 5.86. The number of carboxylic acids is 1. The summed E-state index contributed by atoms with van der Waals surface area (Å²) in [6, 6.07) is -0.747. The third kappa shape index (κ3) is 4.93. The van der Waals surface area contributed by atoms with Crippen molar-refractivity contribution in [3.05, 3.63) is 0 Å². The molecule has 1 aliphatic rings. The number of piperidine rings is 1. The van der Waals surface area contributed by atoms with Gasteiger partial charge in [-0.1, -0.05) is 6.92 Å². The average Bonchev–Trinajstić information content (AvgIpc) is 2.42. The zero-order valence-electron chi connectivity index (χ0n) is 11.7. The van der Waals surface area contributed by atoms with Crippen molar-refractivity contribution in [1.29, 1.82) is 0 Å². The number of nitrogens with one attached hydrogen (secondary N) is 1. The molecule has 0 aromatic rings. The first-order chi connectivity index (χ1) is 9.10. The van der Waals surface area contributed by atoms with Crippen LogP contribution >= 0.6 is 11.8 Å². The van der Waals surface area contributed by atoms with Crippen molar-refractivity contribution in [2.75, 3.05) is 18.6 Å². The lowest BCUT2D eigenvalue weighted by molar-refractivity contribution is -0.139. The third-order valence-corrected chi connectivity index (χ3v) is 4.21. The highest BCUT2D eigenvalue weighted by molar-refractivity contribution is 7.98. The lowest BCUT2D eigenvalue weighted by Gasteiger charge is -2.35. The van der Waals surface area contributed by atoms with Gasteiger partial charge >= 0.3 is 12.0 Å². The van der Waals surface area contributed by atoms with Crippen LogP contribution < -0.4 is 5.32 Å². The molecule has 0 aliphatic carbocycles. The van der Waals surface area contributed by atoms with E-state index >= 15 is 0 Å². The van der Waals surface area contributed by atoms with Crippen LogP contribution in [0.25, 0.3) is 0 Å². The minimum Gasteiger partial charge on any atom is -0.480 e. The van der Waals surface area contributed by atoms with E-state index in [2.05, 4.69) is 12.2 Å². The van der Waals surface area contributed by atoms with Crippen molar-refractivity contribution in [2.45, 2.75) is 51.1 Å². The van der Waals surface area contributed by atoms with Crippen LogP contribution in [0.3, 0.4) is 0 Å². The molecule has 0 bridgehead atoms. The molecule has 6 heteroatoms. The molecule has 2 amide bonds. The predicted octanol–water partition coefficient (Wildman–Crippen LogP) is 2.17. The van der Waals surface area contributed by atoms with Gasteiger partial charge in [-0.05, 0) is 44.1 Å². The molecule has 2 N–H and O–H groups in total. The summed E-state index contributed by atoms with van der Waals surface area (Å²) in [6.07, 6.45) is 6.50. The molecule has 1 aliphatic heterocycles. The van der Waals surface area contributed by atoms with E-state index in [1.807, 2.05) is 6.26 Å². The van der Waals surface area contributed by atoms with Gasteiger partial charge in [-0.25, -0.2) is 9.59 Å². The Morgan fingerprint density at radius 2 is 2.21 bits per heavy atom. The average molecular weight is 288 g/mol. The van der Waals surface area contributed by atoms with Crippen molar-refractivity contribution in [3.63, 3.8) is 0 Å². The minimum atomic E-state index is -0.951. The molecule has 0 radical (unpaired) electrons. The van der Waals surface area contributed by atoms with Gasteiger partial charge in [0.2, 0.25) is 0 Å². The number of carbonyl (C=O) groups is 2. The molecule has 1 rings (SSSR count). The third-order valence-electron chi connectivity index (χ3n) is 3.57. The lowest BCUT2D eigenvalue weighted by Crippen LogP contribution is -2.52. The van der Waals surface area contributed by atoms with Crippen molar-refractivity contribution in [3.8, 4) is 0 Å². The van der Waals surface area contributed by atoms with Crippen LogP contribution in [0.1, 0.15) is 39.0 Å². The number of likely N-dealkylation sites (tertiary alicyclic amines) is 1. The van der Waals surface area contributed by atoms with E-state index in [0.29, 0.717) is 6.42 Å². The number of urea groups is 1. The van der Waals surface area contributed by atoms with Gasteiger partial charge in [-0.2, -0.15) is 11.8 Å². The van der Waals surface area contributed by atoms with E-state index in [1.165, 1.54) is 0 Å². The molecule has 1 saturated heterocycles. The Balaban J connectivity index is 2.56. The van der Waals surface area contributed by atoms with E-state index in [9.17, 15) is 9.59 Å². The Morgan fingerprint density at radius 3 is 2.79 bits per heavy atom. The number of rotatable bonds is 6. The first-order valence-electron chi connectivity index (χ1n) is 6.89. The molecule has 2 atom stereocenters. The SMILES string of the molecule is CC[C@@H]1CCCCN1C(=O)N[C@@H](CCSC)C(=O)O. The van der Waals surface area contributed by atoms with E-state index < -0.39 is 12.0 Å². The molecule has 1 fully saturated rings. The molecule has 110 valence electrons. The molecule has 0 spiro atoms. The van der Waals surface area contributed by atoms with Crippen LogP contribution in [0.15, 0.2) is 0 Å². The van der Waals surface area contributed by atoms with Crippen LogP contribution in [0.2, 0.25) is 0 Å². The van der Waals surface area contributed by atoms with Crippen molar-refractivity contribution < 1.29 is 14.7 Å². The quantitative estimate of drug-likeness (QED) is 0.786. The van der Waals surface area contributed by atoms with Gasteiger partial charge in [0, 0.05) is 12.6 Å². The number of amides is 2. The fourth-order valence-electron chi connectivity index (χ4n) is 2.42. The van der Waals surface area contributed by atoms with Crippen LogP contribution in [0.4, 0.5) is 4.79 Å². The number of hydrogen-bond donors (Lipinski definition) is 2. The van der Waals surface area contributed by atoms with Gasteiger partial charge in [-0.15, -0.1) is 0 Å². The standard InChI is InChI=1S/C13H24N2O3S/c1-3-10-6-4-5-8-15(10)13(18)14-11(12(16)17)7-9-19-2/h10-11H,3-9H2,1-2H3,(H,14,18)(H,16,17)/t10-,11+/m1/s1. The molecule has 1 heterocycles. The first-order valence-corrected chi connectivity index (χ1v) is 8.28. The fraction of sp³-hybridized carbons (Fsp3) is 0.846. The minimum absolute atomic E-state index is 0.222. The monoisotopic (exact) mass is 288 g/mol. The largest absolute Gasteiger partial charge is 0.480 e. The predicted molar refractivity (Wildman–Crippen MR) is 77.6 cm³/mol. The molecule has 0 aromatic carbocycles. The Bertz CT molecular complexity index is 312. The summed E-state index contributed by atoms with van der Waals surface area (Å²) in [5, 5.41) is 11.8. The summed E-state index contributed by atoms with van der Waals surface area (Å²) in [4.78, 5) is 25.1. The van der Waals surface area contributed by atoms with Gasteiger partial charge in [-0.3, -0.25) is 0 Å². The van der Waals surface area contributed by atoms with E-state index in [1.54, 1.807) is 16.7 Å². The summed E-state index contributed by atoms with van der Waals surface area (Å²) in [5.74, 6) is -0.221. The molecule has 0 saturated carbocycles. The van der Waals surface area contributed by atoms with E-state index in [0.717, 1.165) is 38.0 Å². The number of carboxylic acid groups (broad SMARTS) is 1. The van der Waals surface area contributed by atoms with Crippen molar-refractivity contribution >= 4 is 23.8 Å². The molecule has 19 heavy (non-hydrogen) atoms. The molecule has 5 nitrogen and oxygen atoms in total. The van der Waals surface area contributed by atoms with E-state index in [4.69, 9.17) is 5.11 Å². The topological polar surface area (TPSA) is 69.6 Å². The van der Waals surface area contributed by atoms with Crippen LogP contribution in [0.5, 0.6) is 0 Å². The van der Waals surface area contributed by atoms with Crippen molar-refractivity contribution in [2.24, 2.45) is 0 Å². The second kappa shape index (κ2) is 8.30. The number of thioether (sulfide) groups is 1. The maximum Gasteiger partial charge on any atom is 0.326 e. The molecular formula is C13H24N2O3S. The normalized spacial score (nSPS) is 20.9. The Morgan fingerprint density at radius 1 is 1.47 bits per heavy atom. The lowest BCUT2D eigenvalue weighted by atomic mass is 10.0. The summed E-state index contributed by atoms with van der Waals surface area (Å²) in [7, 11) is 0. The molecule has 0 unspecified atom stereocenters. The zero-order valence-corrected chi connectivity index (χ0v) is 12.5. The summed E-state index contributed by atoms with van der Waals surface area (Å²) >= 11 is 1.59. The number of carbonyl (C=O) groups excluding carboxylic acids is 1. The fourth-order valence-corrected chi connectivity index (χ4v) is 2.89. The van der Waals surface area contributed by atoms with Crippen molar-refractivity contribution in [1.82, 2.24) is 10.2 Å². The van der Waals surface area contributed by atoms with Gasteiger partial charge in [0.25, 0.3) is 0 Å². The number of nitrogens with zero attached hydrogens (tertiary/aromatic N) is 1. The van der Waals surface area contributed by atoms with E-state index in [-0.39, 0.29) is 12.1 Å². The van der Waals surface area contributed by atoms with Gasteiger partial charge in [0.1, 0.15) is 6.04 Å². The smallest absolute Gasteiger partial charge is 0.326 e. The Hall–Kier alpha value is -0.910. The maximum absolute atomic E-state index is 12.2. The maximum atomic E-state index is 12.2. The summed E-state index contributed by atoms with van der Waals surface area (Å²) in [5.41, 5.74) is 0. The Kier molecular flexibility index (Phi) is 7.05. The highest BCUT2D eigenvalue weighted by Crippen LogP contribution is 2.19. The van der Waals surface area contributed by atoms with Crippen LogP contribution in [-0.4, -0.2) is 52.6 Å². The van der Waals surface area contributed by atoms with Gasteiger partial charge in [0.05, 0.1) is 0 Å². The first kappa shape index (κ1) is 16.1. The number of hydrogen-bond acceptors (Lipinski definition) is 3. The highest BCUT2D eigenvalue weighted by atomic mass is 32.2. The summed E-state index contributed by atoms with van der Waals surface area (Å²) in [6.45, 7) is 2.80. The summed E-state index contributed by atoms with van der Waals surface area (Å²) < 4.78 is 0. The van der Waals surface area contributed by atoms with Gasteiger partial charge < -0.3 is 15.3 Å². The zero-order chi connectivity index (χ0) is 14.3. The Labute approximate surface area is 119 Å². The molecule has 0 aromatic heterocycles. The molecular weight excluding hydrogens is 264 g/mol. The highest BCUT2D eigenvalue weighted by Gasteiger charge is 2.28. The van der Waals surface area contributed by atoms with Crippen LogP contribution in [-0.2, 0) is 4.79 Å². The second-order valence-electron chi connectivity index (χ2n) is 4.87. The number of aliphatic carboxylic acids is 1. The van der Waals surface area contributed by atoms with Gasteiger partial charge in [0.15, 0.2) is 0 Å². The van der Waals surface area contributed by atoms with Crippen LogP contribution in [0, 0.1) is 0 Å².